The van der Waals surface area contributed by atoms with Crippen molar-refractivity contribution >= 4 is 51.9 Å². The highest BCUT2D eigenvalue weighted by molar-refractivity contribution is 7.80. The Kier molecular flexibility index (Phi) is 7.99. The van der Waals surface area contributed by atoms with Crippen LogP contribution in [0.5, 0.6) is 0 Å². The number of benzene rings is 2. The summed E-state index contributed by atoms with van der Waals surface area (Å²) in [5, 5.41) is 17.5. The third-order valence-corrected chi connectivity index (χ3v) is 6.78. The predicted octanol–water partition coefficient (Wildman–Crippen LogP) is 3.38. The summed E-state index contributed by atoms with van der Waals surface area (Å²) in [6.45, 7) is 5.75. The fourth-order valence-electron chi connectivity index (χ4n) is 4.66. The van der Waals surface area contributed by atoms with Gasteiger partial charge in [-0.1, -0.05) is 12.1 Å². The first-order valence-corrected chi connectivity index (χ1v) is 12.5. The number of nitro benzene ring substituents is 1. The number of para-hydroxylation sites is 2. The van der Waals surface area contributed by atoms with Crippen LogP contribution in [0.15, 0.2) is 42.5 Å². The van der Waals surface area contributed by atoms with Crippen molar-refractivity contribution < 1.29 is 14.5 Å². The van der Waals surface area contributed by atoms with Crippen LogP contribution in [0.4, 0.5) is 22.7 Å². The van der Waals surface area contributed by atoms with Crippen molar-refractivity contribution in [3.05, 3.63) is 58.1 Å². The summed E-state index contributed by atoms with van der Waals surface area (Å²) >= 11 is 5.38. The molecule has 0 saturated carbocycles. The number of rotatable bonds is 5. The van der Waals surface area contributed by atoms with Gasteiger partial charge in [0.05, 0.1) is 16.3 Å². The second-order valence-corrected chi connectivity index (χ2v) is 9.34. The molecule has 2 aromatic carbocycles. The van der Waals surface area contributed by atoms with E-state index in [-0.39, 0.29) is 22.3 Å². The van der Waals surface area contributed by atoms with Crippen molar-refractivity contribution in [2.24, 2.45) is 0 Å². The van der Waals surface area contributed by atoms with Gasteiger partial charge in [-0.05, 0) is 55.7 Å². The van der Waals surface area contributed by atoms with Crippen LogP contribution in [-0.2, 0) is 4.79 Å². The van der Waals surface area contributed by atoms with Gasteiger partial charge in [0.1, 0.15) is 5.69 Å². The van der Waals surface area contributed by atoms with E-state index in [0.717, 1.165) is 43.7 Å². The van der Waals surface area contributed by atoms with E-state index >= 15 is 0 Å². The van der Waals surface area contributed by atoms with Crippen molar-refractivity contribution in [3.8, 4) is 0 Å². The van der Waals surface area contributed by atoms with E-state index in [1.54, 1.807) is 19.1 Å². The summed E-state index contributed by atoms with van der Waals surface area (Å²) in [5.74, 6) is -0.456. The maximum Gasteiger partial charge on any atom is 0.293 e. The highest BCUT2D eigenvalue weighted by Gasteiger charge is 2.24. The number of carbonyl (C=O) groups excluding carboxylic acids is 2. The molecule has 2 N–H and O–H groups in total. The number of hydrogen-bond acceptors (Lipinski definition) is 7. The Labute approximate surface area is 215 Å². The molecule has 2 aromatic rings. The Balaban J connectivity index is 1.43. The molecule has 11 heteroatoms. The quantitative estimate of drug-likeness (QED) is 0.358. The highest BCUT2D eigenvalue weighted by atomic mass is 32.1. The number of nitro groups is 1. The summed E-state index contributed by atoms with van der Waals surface area (Å²) in [7, 11) is 0. The Morgan fingerprint density at radius 2 is 1.58 bits per heavy atom. The van der Waals surface area contributed by atoms with Crippen molar-refractivity contribution in [3.63, 3.8) is 0 Å². The standard InChI is InChI=1S/C25H30N6O4S/c1-18(32)28-13-15-30(16-14-28)21-8-4-3-7-20(21)26-25(36)27-24(33)19-9-10-22(23(17-19)31(34)35)29-11-5-2-6-12-29/h3-4,7-10,17H,2,5-6,11-16H2,1H3,(H2,26,27,33,36). The van der Waals surface area contributed by atoms with Gasteiger partial charge in [0.15, 0.2) is 5.11 Å². The van der Waals surface area contributed by atoms with Gasteiger partial charge in [-0.3, -0.25) is 25.0 Å². The SMILES string of the molecule is CC(=O)N1CCN(c2ccccc2NC(=S)NC(=O)c2ccc(N3CCCCC3)c([N+](=O)[O-])c2)CC1. The average Bonchev–Trinajstić information content (AvgIpc) is 2.89. The monoisotopic (exact) mass is 510 g/mol. The first kappa shape index (κ1) is 25.4. The van der Waals surface area contributed by atoms with Crippen LogP contribution in [0.3, 0.4) is 0 Å². The third kappa shape index (κ3) is 5.91. The summed E-state index contributed by atoms with van der Waals surface area (Å²) in [6, 6.07) is 12.2. The molecule has 0 atom stereocenters. The number of nitrogens with zero attached hydrogens (tertiary/aromatic N) is 4. The minimum absolute atomic E-state index is 0.0640. The van der Waals surface area contributed by atoms with Crippen molar-refractivity contribution in [2.75, 3.05) is 54.4 Å². The zero-order valence-corrected chi connectivity index (χ0v) is 21.1. The highest BCUT2D eigenvalue weighted by Crippen LogP contribution is 2.31. The Morgan fingerprint density at radius 3 is 2.25 bits per heavy atom. The van der Waals surface area contributed by atoms with Gasteiger partial charge in [-0.15, -0.1) is 0 Å². The van der Waals surface area contributed by atoms with Crippen LogP contribution in [0.2, 0.25) is 0 Å². The summed E-state index contributed by atoms with van der Waals surface area (Å²) < 4.78 is 0. The van der Waals surface area contributed by atoms with Gasteiger partial charge < -0.3 is 20.0 Å². The maximum atomic E-state index is 12.9. The van der Waals surface area contributed by atoms with Gasteiger partial charge in [-0.2, -0.15) is 0 Å². The molecule has 190 valence electrons. The molecule has 2 heterocycles. The van der Waals surface area contributed by atoms with Crippen molar-refractivity contribution in [1.29, 1.82) is 0 Å². The Morgan fingerprint density at radius 1 is 0.917 bits per heavy atom. The fourth-order valence-corrected chi connectivity index (χ4v) is 4.86. The number of amides is 2. The molecule has 2 aliphatic heterocycles. The zero-order valence-electron chi connectivity index (χ0n) is 20.2. The van der Waals surface area contributed by atoms with Gasteiger partial charge in [0.2, 0.25) is 5.91 Å². The molecule has 0 spiro atoms. The van der Waals surface area contributed by atoms with E-state index in [1.807, 2.05) is 34.1 Å². The van der Waals surface area contributed by atoms with E-state index in [1.165, 1.54) is 6.07 Å². The van der Waals surface area contributed by atoms with Crippen LogP contribution < -0.4 is 20.4 Å². The van der Waals surface area contributed by atoms with Gasteiger partial charge >= 0.3 is 0 Å². The molecular formula is C25H30N6O4S. The van der Waals surface area contributed by atoms with Crippen LogP contribution in [0.1, 0.15) is 36.5 Å². The number of piperidine rings is 1. The molecule has 36 heavy (non-hydrogen) atoms. The van der Waals surface area contributed by atoms with Crippen LogP contribution >= 0.6 is 12.2 Å². The van der Waals surface area contributed by atoms with Gasteiger partial charge in [0, 0.05) is 57.8 Å². The van der Waals surface area contributed by atoms with E-state index in [9.17, 15) is 19.7 Å². The lowest BCUT2D eigenvalue weighted by Crippen LogP contribution is -2.48. The van der Waals surface area contributed by atoms with Gasteiger partial charge in [0.25, 0.3) is 11.6 Å². The summed E-state index contributed by atoms with van der Waals surface area (Å²) in [5.41, 5.74) is 2.26. The number of anilines is 3. The molecule has 2 saturated heterocycles. The smallest absolute Gasteiger partial charge is 0.293 e. The van der Waals surface area contributed by atoms with Crippen LogP contribution in [0.25, 0.3) is 0 Å². The Bertz CT molecular complexity index is 1160. The van der Waals surface area contributed by atoms with Crippen molar-refractivity contribution in [1.82, 2.24) is 10.2 Å². The molecule has 2 aliphatic rings. The molecule has 0 unspecified atom stereocenters. The Hall–Kier alpha value is -3.73. The third-order valence-electron chi connectivity index (χ3n) is 6.58. The normalized spacial score (nSPS) is 15.9. The topological polar surface area (TPSA) is 111 Å². The largest absolute Gasteiger partial charge is 0.366 e. The van der Waals surface area contributed by atoms with Crippen LogP contribution in [-0.4, -0.2) is 66.0 Å². The first-order valence-electron chi connectivity index (χ1n) is 12.1. The minimum Gasteiger partial charge on any atom is -0.366 e. The van der Waals surface area contributed by atoms with E-state index < -0.39 is 10.8 Å². The molecule has 4 rings (SSSR count). The first-order chi connectivity index (χ1) is 17.3. The van der Waals surface area contributed by atoms with E-state index in [0.29, 0.717) is 31.9 Å². The average molecular weight is 511 g/mol. The van der Waals surface area contributed by atoms with E-state index in [2.05, 4.69) is 15.5 Å². The second kappa shape index (κ2) is 11.3. The lowest BCUT2D eigenvalue weighted by Gasteiger charge is -2.36. The molecule has 0 radical (unpaired) electrons. The lowest BCUT2D eigenvalue weighted by atomic mass is 10.1. The number of piperazine rings is 1. The lowest BCUT2D eigenvalue weighted by molar-refractivity contribution is -0.384. The minimum atomic E-state index is -0.520. The molecule has 10 nitrogen and oxygen atoms in total. The molecule has 0 bridgehead atoms. The predicted molar refractivity (Wildman–Crippen MR) is 144 cm³/mol. The number of carbonyl (C=O) groups is 2. The maximum absolute atomic E-state index is 12.9. The molecule has 0 aromatic heterocycles. The van der Waals surface area contributed by atoms with Crippen LogP contribution in [0, 0.1) is 10.1 Å². The molecular weight excluding hydrogens is 480 g/mol. The number of hydrogen-bond donors (Lipinski definition) is 2. The number of thiocarbonyl (C=S) groups is 1. The summed E-state index contributed by atoms with van der Waals surface area (Å²) in [4.78, 5) is 41.8. The second-order valence-electron chi connectivity index (χ2n) is 8.93. The molecule has 2 amide bonds. The number of nitrogens with one attached hydrogen (secondary N) is 2. The van der Waals surface area contributed by atoms with E-state index in [4.69, 9.17) is 12.2 Å². The molecule has 0 aliphatic carbocycles. The van der Waals surface area contributed by atoms with Gasteiger partial charge in [-0.25, -0.2) is 0 Å². The molecule has 2 fully saturated rings. The van der Waals surface area contributed by atoms with Crippen molar-refractivity contribution in [2.45, 2.75) is 26.2 Å². The zero-order chi connectivity index (χ0) is 25.7. The summed E-state index contributed by atoms with van der Waals surface area (Å²) in [6.07, 6.45) is 3.10. The fraction of sp³-hybridized carbons (Fsp3) is 0.400.